The predicted molar refractivity (Wildman–Crippen MR) is 80.0 cm³/mol. The number of hydrogen-bond donors (Lipinski definition) is 0. The van der Waals surface area contributed by atoms with Crippen molar-refractivity contribution in [3.63, 3.8) is 0 Å². The average Bonchev–Trinajstić information content (AvgIpc) is 2.22. The molecule has 2 aromatic carbocycles. The molecule has 0 aromatic heterocycles. The lowest BCUT2D eigenvalue weighted by molar-refractivity contribution is 1.45. The van der Waals surface area contributed by atoms with Crippen LogP contribution in [0.1, 0.15) is 11.1 Å². The summed E-state index contributed by atoms with van der Waals surface area (Å²) in [6.45, 7) is 4.30. The minimum Gasteiger partial charge on any atom is -0.106 e. The molecule has 0 saturated carbocycles. The van der Waals surface area contributed by atoms with Crippen LogP contribution in [-0.4, -0.2) is 0 Å². The van der Waals surface area contributed by atoms with Gasteiger partial charge >= 0.3 is 0 Å². The number of benzene rings is 2. The van der Waals surface area contributed by atoms with Crippen molar-refractivity contribution >= 4 is 29.1 Å². The summed E-state index contributed by atoms with van der Waals surface area (Å²) in [5.41, 5.74) is 5.26. The normalized spacial score (nSPS) is 10.5. The first-order chi connectivity index (χ1) is 7.58. The Morgan fingerprint density at radius 1 is 0.812 bits per heavy atom. The molecule has 0 aliphatic rings. The smallest absolute Gasteiger partial charge is 0.0154 e. The number of hydrogen-bond acceptors (Lipinski definition) is 0. The van der Waals surface area contributed by atoms with Crippen molar-refractivity contribution in [1.29, 1.82) is 0 Å². The van der Waals surface area contributed by atoms with Crippen LogP contribution in [0.4, 0.5) is 0 Å². The lowest BCUT2D eigenvalue weighted by atomic mass is 9.99. The van der Waals surface area contributed by atoms with E-state index in [0.717, 1.165) is 0 Å². The van der Waals surface area contributed by atoms with Crippen LogP contribution in [-0.2, 0) is 0 Å². The highest BCUT2D eigenvalue weighted by Gasteiger charge is 2.03. The van der Waals surface area contributed by atoms with Gasteiger partial charge in [0.25, 0.3) is 0 Å². The van der Waals surface area contributed by atoms with Gasteiger partial charge in [0.1, 0.15) is 0 Å². The quantitative estimate of drug-likeness (QED) is 0.679. The maximum atomic E-state index is 2.76. The summed E-state index contributed by atoms with van der Waals surface area (Å²) >= 11 is 0. The molecule has 0 radical (unpaired) electrons. The minimum atomic E-state index is 1.24. The Balaban J connectivity index is 2.54. The molecule has 2 atom stereocenters. The molecule has 2 unspecified atom stereocenters. The van der Waals surface area contributed by atoms with Crippen LogP contribution in [0, 0.1) is 13.8 Å². The highest BCUT2D eigenvalue weighted by Crippen LogP contribution is 2.23. The molecule has 16 heavy (non-hydrogen) atoms. The molecule has 2 heteroatoms. The van der Waals surface area contributed by atoms with Gasteiger partial charge in [0.15, 0.2) is 0 Å². The summed E-state index contributed by atoms with van der Waals surface area (Å²) in [5.74, 6) is 0. The van der Waals surface area contributed by atoms with Crippen molar-refractivity contribution in [3.8, 4) is 11.1 Å². The van der Waals surface area contributed by atoms with E-state index in [-0.39, 0.29) is 0 Å². The Kier molecular flexibility index (Phi) is 3.43. The van der Waals surface area contributed by atoms with Crippen molar-refractivity contribution in [3.05, 3.63) is 47.5 Å². The zero-order valence-corrected chi connectivity index (χ0v) is 11.9. The Hall–Kier alpha value is -0.700. The molecule has 2 rings (SSSR count). The third-order valence-electron chi connectivity index (χ3n) is 2.83. The summed E-state index contributed by atoms with van der Waals surface area (Å²) in [7, 11) is 5.50. The Morgan fingerprint density at radius 3 is 2.19 bits per heavy atom. The van der Waals surface area contributed by atoms with E-state index in [2.05, 4.69) is 68.7 Å². The van der Waals surface area contributed by atoms with Gasteiger partial charge in [-0.3, -0.25) is 0 Å². The van der Waals surface area contributed by atoms with Crippen LogP contribution < -0.4 is 10.6 Å². The molecule has 0 N–H and O–H groups in total. The molecule has 0 aliphatic carbocycles. The first-order valence-corrected chi connectivity index (χ1v) is 6.46. The highest BCUT2D eigenvalue weighted by atomic mass is 31.0. The molecule has 0 heterocycles. The van der Waals surface area contributed by atoms with Gasteiger partial charge in [0.2, 0.25) is 0 Å². The van der Waals surface area contributed by atoms with E-state index >= 15 is 0 Å². The number of rotatable bonds is 1. The maximum absolute atomic E-state index is 2.76. The largest absolute Gasteiger partial charge is 0.106 e. The Labute approximate surface area is 102 Å². The van der Waals surface area contributed by atoms with Gasteiger partial charge in [-0.25, -0.2) is 0 Å². The van der Waals surface area contributed by atoms with Crippen molar-refractivity contribution in [2.75, 3.05) is 0 Å². The predicted octanol–water partition coefficient (Wildman–Crippen LogP) is 2.97. The molecule has 0 bridgehead atoms. The van der Waals surface area contributed by atoms with Gasteiger partial charge in [-0.05, 0) is 46.7 Å². The molecule has 0 aliphatic heterocycles. The van der Waals surface area contributed by atoms with Gasteiger partial charge in [0.05, 0.1) is 0 Å². The summed E-state index contributed by atoms with van der Waals surface area (Å²) in [5, 5.41) is 2.50. The molecule has 2 aromatic rings. The van der Waals surface area contributed by atoms with Crippen LogP contribution in [0.5, 0.6) is 0 Å². The van der Waals surface area contributed by atoms with Crippen molar-refractivity contribution < 1.29 is 0 Å². The summed E-state index contributed by atoms with van der Waals surface area (Å²) in [4.78, 5) is 0. The molecule has 0 saturated heterocycles. The lowest BCUT2D eigenvalue weighted by Gasteiger charge is -2.09. The summed E-state index contributed by atoms with van der Waals surface area (Å²) in [6, 6.07) is 13.1. The molecular formula is C14H16P2. The molecule has 0 fully saturated rings. The van der Waals surface area contributed by atoms with Gasteiger partial charge < -0.3 is 0 Å². The fourth-order valence-electron chi connectivity index (χ4n) is 1.85. The Bertz CT molecular complexity index is 530. The van der Waals surface area contributed by atoms with E-state index in [4.69, 9.17) is 0 Å². The molecule has 0 nitrogen and oxygen atoms in total. The first kappa shape index (κ1) is 11.8. The van der Waals surface area contributed by atoms with Crippen LogP contribution in [0.3, 0.4) is 0 Å². The first-order valence-electron chi connectivity index (χ1n) is 5.30. The third kappa shape index (κ3) is 2.34. The fraction of sp³-hybridized carbons (Fsp3) is 0.143. The van der Waals surface area contributed by atoms with Gasteiger partial charge in [0, 0.05) is 0 Å². The fourth-order valence-corrected chi connectivity index (χ4v) is 2.38. The van der Waals surface area contributed by atoms with E-state index in [0.29, 0.717) is 0 Å². The minimum absolute atomic E-state index is 1.24. The van der Waals surface area contributed by atoms with Gasteiger partial charge in [-0.2, -0.15) is 0 Å². The van der Waals surface area contributed by atoms with Gasteiger partial charge in [-0.15, -0.1) is 18.5 Å². The van der Waals surface area contributed by atoms with E-state index in [9.17, 15) is 0 Å². The van der Waals surface area contributed by atoms with E-state index in [1.54, 1.807) is 0 Å². The molecule has 0 amide bonds. The summed E-state index contributed by atoms with van der Waals surface area (Å²) in [6.07, 6.45) is 0. The second-order valence-corrected chi connectivity index (χ2v) is 5.43. The zero-order chi connectivity index (χ0) is 11.7. The van der Waals surface area contributed by atoms with Gasteiger partial charge in [-0.1, -0.05) is 36.4 Å². The van der Waals surface area contributed by atoms with E-state index in [1.807, 2.05) is 0 Å². The standard InChI is InChI=1S/C14H16P2/c1-9-8-12(15)4-5-13(9)11-3-6-14(16)10(2)7-11/h3-8H,15-16H2,1-2H3. The van der Waals surface area contributed by atoms with Crippen molar-refractivity contribution in [2.45, 2.75) is 13.8 Å². The monoisotopic (exact) mass is 246 g/mol. The topological polar surface area (TPSA) is 0 Å². The lowest BCUT2D eigenvalue weighted by Crippen LogP contribution is -1.98. The van der Waals surface area contributed by atoms with E-state index < -0.39 is 0 Å². The average molecular weight is 246 g/mol. The van der Waals surface area contributed by atoms with Crippen LogP contribution in [0.2, 0.25) is 0 Å². The van der Waals surface area contributed by atoms with Crippen LogP contribution in [0.15, 0.2) is 36.4 Å². The molecule has 82 valence electrons. The second kappa shape index (κ2) is 4.66. The molecule has 0 spiro atoms. The van der Waals surface area contributed by atoms with E-state index in [1.165, 1.54) is 32.9 Å². The SMILES string of the molecule is Cc1cc(-c2ccc(P)cc2C)ccc1P. The molecular weight excluding hydrogens is 230 g/mol. The second-order valence-electron chi connectivity index (χ2n) is 4.15. The van der Waals surface area contributed by atoms with Crippen LogP contribution in [0.25, 0.3) is 11.1 Å². The summed E-state index contributed by atoms with van der Waals surface area (Å²) < 4.78 is 0. The number of aryl methyl sites for hydroxylation is 2. The van der Waals surface area contributed by atoms with Crippen molar-refractivity contribution in [1.82, 2.24) is 0 Å². The third-order valence-corrected chi connectivity index (χ3v) is 3.84. The Morgan fingerprint density at radius 2 is 1.56 bits per heavy atom. The maximum Gasteiger partial charge on any atom is -0.0154 e. The zero-order valence-electron chi connectivity index (χ0n) is 9.62. The van der Waals surface area contributed by atoms with Crippen LogP contribution >= 0.6 is 18.5 Å². The van der Waals surface area contributed by atoms with Crippen molar-refractivity contribution in [2.24, 2.45) is 0 Å². The highest BCUT2D eigenvalue weighted by molar-refractivity contribution is 7.27.